The summed E-state index contributed by atoms with van der Waals surface area (Å²) >= 11 is 0. The molecule has 0 radical (unpaired) electrons. The Labute approximate surface area is 185 Å². The molecule has 3 N–H and O–H groups in total. The van der Waals surface area contributed by atoms with Crippen LogP contribution in [0, 0.1) is 25.2 Å². The zero-order chi connectivity index (χ0) is 23.8. The standard InChI is InChI=1S/C21H24N6O5/c1-6-31-21(30)25-19(29)15(9-22)27-26-14-7-12(4)18(13(5)8-14)32-20-23-10-16(28)17(24-20)11(2)3/h7-8,10-11,26,28H,6H2,1-5H3,(H,25,29,30)/b27-15+. The van der Waals surface area contributed by atoms with Gasteiger partial charge in [0.2, 0.25) is 5.71 Å². The van der Waals surface area contributed by atoms with E-state index in [1.807, 2.05) is 19.2 Å². The van der Waals surface area contributed by atoms with Crippen LogP contribution in [0.4, 0.5) is 10.5 Å². The number of amides is 2. The van der Waals surface area contributed by atoms with Gasteiger partial charge in [0.15, 0.2) is 5.75 Å². The lowest BCUT2D eigenvalue weighted by atomic mass is 10.1. The maximum absolute atomic E-state index is 11.9. The van der Waals surface area contributed by atoms with E-state index in [1.165, 1.54) is 6.20 Å². The summed E-state index contributed by atoms with van der Waals surface area (Å²) in [6.07, 6.45) is 0.322. The molecule has 0 aliphatic heterocycles. The van der Waals surface area contributed by atoms with Crippen LogP contribution in [0.1, 0.15) is 43.5 Å². The third-order valence-corrected chi connectivity index (χ3v) is 4.09. The number of alkyl carbamates (subject to hydrolysis) is 1. The first-order valence-electron chi connectivity index (χ1n) is 9.73. The summed E-state index contributed by atoms with van der Waals surface area (Å²) in [5.74, 6) is -0.487. The van der Waals surface area contributed by atoms with Gasteiger partial charge in [0.1, 0.15) is 11.8 Å². The number of imide groups is 1. The minimum absolute atomic E-state index is 0.00139. The largest absolute Gasteiger partial charge is 0.504 e. The number of hydrogen-bond donors (Lipinski definition) is 3. The molecule has 32 heavy (non-hydrogen) atoms. The summed E-state index contributed by atoms with van der Waals surface area (Å²) in [6.45, 7) is 9.04. The van der Waals surface area contributed by atoms with Gasteiger partial charge in [-0.15, -0.1) is 0 Å². The van der Waals surface area contributed by atoms with Crippen molar-refractivity contribution in [2.24, 2.45) is 5.10 Å². The molecule has 0 saturated heterocycles. The molecule has 11 nitrogen and oxygen atoms in total. The average Bonchev–Trinajstić information content (AvgIpc) is 2.72. The first kappa shape index (κ1) is 24.1. The second-order valence-electron chi connectivity index (χ2n) is 6.98. The van der Waals surface area contributed by atoms with Gasteiger partial charge in [0, 0.05) is 0 Å². The Bertz CT molecular complexity index is 1070. The molecule has 0 atom stereocenters. The highest BCUT2D eigenvalue weighted by Crippen LogP contribution is 2.32. The van der Waals surface area contributed by atoms with Gasteiger partial charge in [0.05, 0.1) is 24.2 Å². The van der Waals surface area contributed by atoms with Crippen LogP contribution < -0.4 is 15.5 Å². The smallest absolute Gasteiger partial charge is 0.414 e. The molecule has 0 spiro atoms. The number of rotatable bonds is 7. The Morgan fingerprint density at radius 1 is 1.28 bits per heavy atom. The van der Waals surface area contributed by atoms with Crippen LogP contribution in [-0.2, 0) is 9.53 Å². The number of hydrazone groups is 1. The molecule has 0 bridgehead atoms. The molecule has 0 aliphatic rings. The van der Waals surface area contributed by atoms with Crippen molar-refractivity contribution in [3.8, 4) is 23.6 Å². The fraction of sp³-hybridized carbons (Fsp3) is 0.333. The minimum atomic E-state index is -0.989. The molecule has 0 fully saturated rings. The number of aryl methyl sites for hydroxylation is 2. The van der Waals surface area contributed by atoms with E-state index in [0.717, 1.165) is 0 Å². The van der Waals surface area contributed by atoms with Gasteiger partial charge in [-0.2, -0.15) is 20.3 Å². The number of aromatic hydroxyl groups is 1. The van der Waals surface area contributed by atoms with Crippen LogP contribution in [0.15, 0.2) is 23.4 Å². The molecule has 0 unspecified atom stereocenters. The fourth-order valence-electron chi connectivity index (χ4n) is 2.68. The van der Waals surface area contributed by atoms with Crippen molar-refractivity contribution >= 4 is 23.4 Å². The van der Waals surface area contributed by atoms with Crippen LogP contribution in [-0.4, -0.2) is 39.4 Å². The van der Waals surface area contributed by atoms with Crippen LogP contribution in [0.2, 0.25) is 0 Å². The Hall–Kier alpha value is -4.20. The Morgan fingerprint density at radius 3 is 2.50 bits per heavy atom. The molecule has 0 aliphatic carbocycles. The topological polar surface area (TPSA) is 159 Å². The number of aromatic nitrogens is 2. The maximum Gasteiger partial charge on any atom is 0.414 e. The van der Waals surface area contributed by atoms with E-state index in [4.69, 9.17) is 10.00 Å². The van der Waals surface area contributed by atoms with Crippen molar-refractivity contribution in [1.82, 2.24) is 15.3 Å². The number of benzene rings is 1. The number of nitrogens with zero attached hydrogens (tertiary/aromatic N) is 4. The highest BCUT2D eigenvalue weighted by atomic mass is 16.5. The summed E-state index contributed by atoms with van der Waals surface area (Å²) in [6, 6.07) is 5.09. The predicted octanol–water partition coefficient (Wildman–Crippen LogP) is 3.28. The van der Waals surface area contributed by atoms with Crippen LogP contribution >= 0.6 is 0 Å². The van der Waals surface area contributed by atoms with Gasteiger partial charge < -0.3 is 14.6 Å². The van der Waals surface area contributed by atoms with E-state index in [0.29, 0.717) is 28.3 Å². The van der Waals surface area contributed by atoms with Gasteiger partial charge >= 0.3 is 12.1 Å². The highest BCUT2D eigenvalue weighted by molar-refractivity contribution is 6.46. The van der Waals surface area contributed by atoms with E-state index >= 15 is 0 Å². The average molecular weight is 440 g/mol. The molecule has 1 aromatic carbocycles. The summed E-state index contributed by atoms with van der Waals surface area (Å²) in [5, 5.41) is 24.7. The monoisotopic (exact) mass is 440 g/mol. The molecule has 0 saturated carbocycles. The van der Waals surface area contributed by atoms with Crippen LogP contribution in [0.25, 0.3) is 0 Å². The molecular weight excluding hydrogens is 416 g/mol. The number of carbonyl (C=O) groups excluding carboxylic acids is 2. The van der Waals surface area contributed by atoms with Gasteiger partial charge in [0.25, 0.3) is 5.91 Å². The number of nitrogens with one attached hydrogen (secondary N) is 2. The number of hydrogen-bond acceptors (Lipinski definition) is 10. The predicted molar refractivity (Wildman–Crippen MR) is 116 cm³/mol. The quantitative estimate of drug-likeness (QED) is 0.434. The van der Waals surface area contributed by atoms with E-state index in [-0.39, 0.29) is 24.3 Å². The summed E-state index contributed by atoms with van der Waals surface area (Å²) in [7, 11) is 0. The van der Waals surface area contributed by atoms with E-state index in [1.54, 1.807) is 39.0 Å². The lowest BCUT2D eigenvalue weighted by Gasteiger charge is -2.14. The Kier molecular flexibility index (Phi) is 8.06. The lowest BCUT2D eigenvalue weighted by Crippen LogP contribution is -2.36. The normalized spacial score (nSPS) is 11.0. The van der Waals surface area contributed by atoms with Gasteiger partial charge in [-0.1, -0.05) is 13.8 Å². The highest BCUT2D eigenvalue weighted by Gasteiger charge is 2.16. The number of carbonyl (C=O) groups is 2. The first-order valence-corrected chi connectivity index (χ1v) is 9.73. The molecule has 1 heterocycles. The molecular formula is C21H24N6O5. The molecule has 2 amide bonds. The Balaban J connectivity index is 2.19. The third-order valence-electron chi connectivity index (χ3n) is 4.09. The SMILES string of the molecule is CCOC(=O)NC(=O)/C(C#N)=N/Nc1cc(C)c(Oc2ncc(O)c(C(C)C)n2)c(C)c1. The fourth-order valence-corrected chi connectivity index (χ4v) is 2.68. The van der Waals surface area contributed by atoms with Crippen LogP contribution in [0.3, 0.4) is 0 Å². The summed E-state index contributed by atoms with van der Waals surface area (Å²) in [4.78, 5) is 31.5. The number of anilines is 1. The van der Waals surface area contributed by atoms with Crippen molar-refractivity contribution in [3.63, 3.8) is 0 Å². The lowest BCUT2D eigenvalue weighted by molar-refractivity contribution is -0.114. The second kappa shape index (κ2) is 10.7. The molecule has 2 aromatic rings. The summed E-state index contributed by atoms with van der Waals surface area (Å²) < 4.78 is 10.4. The van der Waals surface area contributed by atoms with Crippen LogP contribution in [0.5, 0.6) is 17.5 Å². The molecule has 11 heteroatoms. The van der Waals surface area contributed by atoms with Gasteiger partial charge in [-0.05, 0) is 49.9 Å². The molecule has 168 valence electrons. The molecule has 2 rings (SSSR count). The minimum Gasteiger partial charge on any atom is -0.504 e. The van der Waals surface area contributed by atoms with Crippen molar-refractivity contribution < 1.29 is 24.2 Å². The van der Waals surface area contributed by atoms with Gasteiger partial charge in [-0.25, -0.2) is 4.79 Å². The van der Waals surface area contributed by atoms with E-state index < -0.39 is 17.7 Å². The zero-order valence-corrected chi connectivity index (χ0v) is 18.4. The van der Waals surface area contributed by atoms with Crippen molar-refractivity contribution in [2.45, 2.75) is 40.5 Å². The van der Waals surface area contributed by atoms with E-state index in [2.05, 4.69) is 25.2 Å². The van der Waals surface area contributed by atoms with Crippen molar-refractivity contribution in [3.05, 3.63) is 35.2 Å². The van der Waals surface area contributed by atoms with Crippen molar-refractivity contribution in [2.75, 3.05) is 12.0 Å². The first-order chi connectivity index (χ1) is 15.2. The second-order valence-corrected chi connectivity index (χ2v) is 6.98. The van der Waals surface area contributed by atoms with Crippen molar-refractivity contribution in [1.29, 1.82) is 5.26 Å². The zero-order valence-electron chi connectivity index (χ0n) is 18.4. The summed E-state index contributed by atoms with van der Waals surface area (Å²) in [5.41, 5.74) is 4.45. The number of nitriles is 1. The van der Waals surface area contributed by atoms with E-state index in [9.17, 15) is 14.7 Å². The Morgan fingerprint density at radius 2 is 1.94 bits per heavy atom. The number of ether oxygens (including phenoxy) is 2. The maximum atomic E-state index is 11.9. The third kappa shape index (κ3) is 6.15. The molecule has 1 aromatic heterocycles. The van der Waals surface area contributed by atoms with Gasteiger partial charge in [-0.3, -0.25) is 15.5 Å².